The van der Waals surface area contributed by atoms with Crippen LogP contribution < -0.4 is 15.4 Å². The molecule has 0 radical (unpaired) electrons. The molecule has 1 amide bonds. The molecule has 0 fully saturated rings. The van der Waals surface area contributed by atoms with Gasteiger partial charge in [0.25, 0.3) is 5.91 Å². The van der Waals surface area contributed by atoms with Gasteiger partial charge in [0, 0.05) is 17.6 Å². The molecule has 6 heteroatoms. The number of amides is 1. The van der Waals surface area contributed by atoms with Gasteiger partial charge in [-0.2, -0.15) is 0 Å². The van der Waals surface area contributed by atoms with E-state index >= 15 is 0 Å². The minimum atomic E-state index is -0.0978. The van der Waals surface area contributed by atoms with Crippen molar-refractivity contribution in [2.24, 2.45) is 0 Å². The Labute approximate surface area is 133 Å². The van der Waals surface area contributed by atoms with Crippen LogP contribution in [0.3, 0.4) is 0 Å². The van der Waals surface area contributed by atoms with Crippen molar-refractivity contribution in [3.05, 3.63) is 40.4 Å². The smallest absolute Gasteiger partial charge is 0.258 e. The lowest BCUT2D eigenvalue weighted by Crippen LogP contribution is -2.32. The predicted octanol–water partition coefficient (Wildman–Crippen LogP) is 2.29. The summed E-state index contributed by atoms with van der Waals surface area (Å²) in [6.45, 7) is 2.53. The predicted molar refractivity (Wildman–Crippen MR) is 85.5 cm³/mol. The Kier molecular flexibility index (Phi) is 7.65. The molecule has 110 valence electrons. The minimum Gasteiger partial charge on any atom is -0.484 e. The van der Waals surface area contributed by atoms with E-state index in [1.807, 2.05) is 24.3 Å². The molecule has 1 aromatic carbocycles. The molecule has 1 aromatic rings. The summed E-state index contributed by atoms with van der Waals surface area (Å²) < 4.78 is 6.35. The lowest BCUT2D eigenvalue weighted by molar-refractivity contribution is -0.122. The molecule has 0 unspecified atom stereocenters. The highest BCUT2D eigenvalue weighted by Crippen LogP contribution is 2.17. The van der Waals surface area contributed by atoms with Gasteiger partial charge >= 0.3 is 0 Å². The van der Waals surface area contributed by atoms with Gasteiger partial charge in [0.2, 0.25) is 0 Å². The number of benzene rings is 1. The zero-order valence-electron chi connectivity index (χ0n) is 11.0. The molecule has 0 spiro atoms. The minimum absolute atomic E-state index is 0. The van der Waals surface area contributed by atoms with Gasteiger partial charge in [-0.1, -0.05) is 33.6 Å². The topological polar surface area (TPSA) is 50.4 Å². The van der Waals surface area contributed by atoms with Crippen LogP contribution in [0, 0.1) is 0 Å². The van der Waals surface area contributed by atoms with E-state index in [2.05, 4.69) is 32.6 Å². The second-order valence-electron chi connectivity index (χ2n) is 4.34. The zero-order valence-corrected chi connectivity index (χ0v) is 13.4. The summed E-state index contributed by atoms with van der Waals surface area (Å²) in [5, 5.41) is 6.10. The van der Waals surface area contributed by atoms with Gasteiger partial charge in [0.1, 0.15) is 5.75 Å². The van der Waals surface area contributed by atoms with Gasteiger partial charge in [-0.3, -0.25) is 4.79 Å². The summed E-state index contributed by atoms with van der Waals surface area (Å²) in [5.74, 6) is 0.588. The lowest BCUT2D eigenvalue weighted by atomic mass is 10.1. The number of halogens is 2. The van der Waals surface area contributed by atoms with Crippen molar-refractivity contribution in [1.82, 2.24) is 10.6 Å². The Morgan fingerprint density at radius 1 is 1.45 bits per heavy atom. The molecule has 0 saturated heterocycles. The van der Waals surface area contributed by atoms with E-state index in [4.69, 9.17) is 4.74 Å². The van der Waals surface area contributed by atoms with E-state index in [1.165, 1.54) is 5.57 Å². The van der Waals surface area contributed by atoms with Gasteiger partial charge in [-0.25, -0.2) is 0 Å². The Hall–Kier alpha value is -1.04. The fraction of sp³-hybridized carbons (Fsp3) is 0.357. The Morgan fingerprint density at radius 2 is 2.30 bits per heavy atom. The van der Waals surface area contributed by atoms with Crippen molar-refractivity contribution < 1.29 is 9.53 Å². The summed E-state index contributed by atoms with van der Waals surface area (Å²) in [5.41, 5.74) is 1.27. The molecule has 20 heavy (non-hydrogen) atoms. The van der Waals surface area contributed by atoms with E-state index < -0.39 is 0 Å². The van der Waals surface area contributed by atoms with E-state index in [-0.39, 0.29) is 24.9 Å². The van der Waals surface area contributed by atoms with Gasteiger partial charge in [0.15, 0.2) is 6.61 Å². The fourth-order valence-electron chi connectivity index (χ4n) is 1.80. The van der Waals surface area contributed by atoms with Crippen molar-refractivity contribution in [3.63, 3.8) is 0 Å². The summed E-state index contributed by atoms with van der Waals surface area (Å²) in [4.78, 5) is 11.7. The molecular weight excluding hydrogens is 344 g/mol. The largest absolute Gasteiger partial charge is 0.484 e. The number of carbonyl (C=O) groups excluding carboxylic acids is 1. The first kappa shape index (κ1) is 17.0. The molecule has 0 aromatic heterocycles. The molecule has 1 heterocycles. The molecule has 0 saturated carbocycles. The highest BCUT2D eigenvalue weighted by Gasteiger charge is 2.06. The highest BCUT2D eigenvalue weighted by molar-refractivity contribution is 9.10. The molecule has 2 rings (SSSR count). The number of hydrogen-bond donors (Lipinski definition) is 2. The van der Waals surface area contributed by atoms with Crippen LogP contribution in [0.1, 0.15) is 6.42 Å². The Morgan fingerprint density at radius 3 is 3.00 bits per heavy atom. The van der Waals surface area contributed by atoms with Crippen LogP contribution >= 0.6 is 28.3 Å². The van der Waals surface area contributed by atoms with Gasteiger partial charge in [-0.15, -0.1) is 12.4 Å². The molecule has 0 aliphatic carbocycles. The summed E-state index contributed by atoms with van der Waals surface area (Å²) in [6.07, 6.45) is 3.12. The van der Waals surface area contributed by atoms with Gasteiger partial charge < -0.3 is 15.4 Å². The maximum absolute atomic E-state index is 11.7. The van der Waals surface area contributed by atoms with Crippen molar-refractivity contribution in [3.8, 4) is 5.75 Å². The molecule has 1 aliphatic heterocycles. The highest BCUT2D eigenvalue weighted by atomic mass is 79.9. The molecule has 0 bridgehead atoms. The number of carbonyl (C=O) groups is 1. The molecule has 2 N–H and O–H groups in total. The Balaban J connectivity index is 0.00000200. The number of ether oxygens (including phenoxy) is 1. The standard InChI is InChI=1S/C14H17BrN2O2.ClH/c15-12-2-1-3-13(8-12)19-10-14(18)17-9-11-4-6-16-7-5-11;/h1-4,8,16H,5-7,9-10H2,(H,17,18);1H. The average Bonchev–Trinajstić information content (AvgIpc) is 2.44. The van der Waals surface area contributed by atoms with Crippen molar-refractivity contribution in [2.45, 2.75) is 6.42 Å². The maximum atomic E-state index is 11.7. The molecule has 0 atom stereocenters. The van der Waals surface area contributed by atoms with Crippen LogP contribution in [0.5, 0.6) is 5.75 Å². The van der Waals surface area contributed by atoms with Crippen LogP contribution in [0.2, 0.25) is 0 Å². The SMILES string of the molecule is Cl.O=C(COc1cccc(Br)c1)NCC1=CCNCC1. The molecule has 1 aliphatic rings. The van der Waals surface area contributed by atoms with Crippen LogP contribution in [0.15, 0.2) is 40.4 Å². The fourth-order valence-corrected chi connectivity index (χ4v) is 2.18. The van der Waals surface area contributed by atoms with Crippen LogP contribution in [0.4, 0.5) is 0 Å². The first-order valence-electron chi connectivity index (χ1n) is 6.28. The van der Waals surface area contributed by atoms with Gasteiger partial charge in [-0.05, 0) is 31.2 Å². The van der Waals surface area contributed by atoms with Crippen molar-refractivity contribution in [1.29, 1.82) is 0 Å². The van der Waals surface area contributed by atoms with Crippen LogP contribution in [-0.4, -0.2) is 32.1 Å². The summed E-state index contributed by atoms with van der Waals surface area (Å²) in [7, 11) is 0. The summed E-state index contributed by atoms with van der Waals surface area (Å²) >= 11 is 3.36. The average molecular weight is 362 g/mol. The molecule has 4 nitrogen and oxygen atoms in total. The number of hydrogen-bond acceptors (Lipinski definition) is 3. The van der Waals surface area contributed by atoms with E-state index in [9.17, 15) is 4.79 Å². The van der Waals surface area contributed by atoms with Crippen molar-refractivity contribution >= 4 is 34.2 Å². The van der Waals surface area contributed by atoms with Crippen LogP contribution in [-0.2, 0) is 4.79 Å². The maximum Gasteiger partial charge on any atom is 0.258 e. The Bertz CT molecular complexity index is 480. The second-order valence-corrected chi connectivity index (χ2v) is 5.25. The first-order chi connectivity index (χ1) is 9.24. The number of rotatable bonds is 5. The van der Waals surface area contributed by atoms with E-state index in [0.717, 1.165) is 24.0 Å². The normalized spacial score (nSPS) is 13.9. The quantitative estimate of drug-likeness (QED) is 0.791. The van der Waals surface area contributed by atoms with E-state index in [0.29, 0.717) is 12.3 Å². The third-order valence-electron chi connectivity index (χ3n) is 2.84. The van der Waals surface area contributed by atoms with Crippen molar-refractivity contribution in [2.75, 3.05) is 26.2 Å². The monoisotopic (exact) mass is 360 g/mol. The second kappa shape index (κ2) is 9.00. The third kappa shape index (κ3) is 5.94. The van der Waals surface area contributed by atoms with E-state index in [1.54, 1.807) is 0 Å². The zero-order chi connectivity index (χ0) is 13.5. The summed E-state index contributed by atoms with van der Waals surface area (Å²) in [6, 6.07) is 7.45. The third-order valence-corrected chi connectivity index (χ3v) is 3.33. The lowest BCUT2D eigenvalue weighted by Gasteiger charge is -2.14. The van der Waals surface area contributed by atoms with Gasteiger partial charge in [0.05, 0.1) is 0 Å². The first-order valence-corrected chi connectivity index (χ1v) is 7.07. The number of nitrogens with one attached hydrogen (secondary N) is 2. The molecular formula is C14H18BrClN2O2. The van der Waals surface area contributed by atoms with Crippen LogP contribution in [0.25, 0.3) is 0 Å².